The molecule has 0 aliphatic heterocycles. The van der Waals surface area contributed by atoms with Crippen LogP contribution in [-0.2, 0) is 0 Å². The van der Waals surface area contributed by atoms with Crippen LogP contribution in [0.1, 0.15) is 18.5 Å². The van der Waals surface area contributed by atoms with Gasteiger partial charge in [0, 0.05) is 18.8 Å². The van der Waals surface area contributed by atoms with E-state index in [9.17, 15) is 0 Å². The van der Waals surface area contributed by atoms with E-state index in [2.05, 4.69) is 47.4 Å². The first-order valence-corrected chi connectivity index (χ1v) is 6.12. The molecule has 0 amide bonds. The number of H-pyrrole nitrogens is 1. The summed E-state index contributed by atoms with van der Waals surface area (Å²) in [5, 5.41) is 0. The highest BCUT2D eigenvalue weighted by Gasteiger charge is 2.13. The molecule has 2 aromatic heterocycles. The molecule has 0 aromatic carbocycles. The van der Waals surface area contributed by atoms with Crippen molar-refractivity contribution in [2.45, 2.75) is 19.9 Å². The number of fused-ring (bicyclic) bond motifs is 1. The van der Waals surface area contributed by atoms with Gasteiger partial charge in [-0.05, 0) is 51.8 Å². The predicted octanol–water partition coefficient (Wildman–Crippen LogP) is 2.52. The van der Waals surface area contributed by atoms with Crippen LogP contribution in [0.2, 0.25) is 0 Å². The summed E-state index contributed by atoms with van der Waals surface area (Å²) < 4.78 is 2.84. The zero-order valence-electron chi connectivity index (χ0n) is 10.7. The second-order valence-corrected chi connectivity index (χ2v) is 5.12. The van der Waals surface area contributed by atoms with Gasteiger partial charge in [0.1, 0.15) is 0 Å². The van der Waals surface area contributed by atoms with Gasteiger partial charge in [-0.2, -0.15) is 0 Å². The van der Waals surface area contributed by atoms with Crippen LogP contribution in [0.25, 0.3) is 11.2 Å². The van der Waals surface area contributed by atoms with Crippen molar-refractivity contribution >= 4 is 23.4 Å². The second-order valence-electron chi connectivity index (χ2n) is 4.74. The quantitative estimate of drug-likeness (QED) is 0.850. The summed E-state index contributed by atoms with van der Waals surface area (Å²) in [5.41, 5.74) is 3.17. The molecule has 1 N–H and O–H groups in total. The number of nitrogens with zero attached hydrogens (tertiary/aromatic N) is 3. The number of likely N-dealkylation sites (N-methyl/N-ethyl adjacent to an activating group) is 1. The highest BCUT2D eigenvalue weighted by Crippen LogP contribution is 2.19. The van der Waals surface area contributed by atoms with E-state index in [1.807, 2.05) is 12.3 Å². The summed E-state index contributed by atoms with van der Waals surface area (Å²) in [6.45, 7) is 5.17. The topological polar surface area (TPSA) is 36.9 Å². The van der Waals surface area contributed by atoms with Crippen molar-refractivity contribution in [2.75, 3.05) is 20.6 Å². The van der Waals surface area contributed by atoms with Gasteiger partial charge >= 0.3 is 0 Å². The summed E-state index contributed by atoms with van der Waals surface area (Å²) in [5.74, 6) is 0. The molecule has 0 saturated heterocycles. The van der Waals surface area contributed by atoms with Gasteiger partial charge in [-0.1, -0.05) is 0 Å². The van der Waals surface area contributed by atoms with Crippen LogP contribution in [-0.4, -0.2) is 40.1 Å². The van der Waals surface area contributed by atoms with Crippen LogP contribution in [0.15, 0.2) is 12.3 Å². The number of aromatic nitrogens is 3. The zero-order valence-corrected chi connectivity index (χ0v) is 11.5. The fourth-order valence-electron chi connectivity index (χ4n) is 2.16. The fraction of sp³-hybridized carbons (Fsp3) is 0.500. The third-order valence-corrected chi connectivity index (χ3v) is 3.19. The Morgan fingerprint density at radius 1 is 1.53 bits per heavy atom. The molecular weight excluding hydrogens is 232 g/mol. The van der Waals surface area contributed by atoms with Crippen LogP contribution in [0, 0.1) is 11.7 Å². The highest BCUT2D eigenvalue weighted by atomic mass is 32.1. The van der Waals surface area contributed by atoms with E-state index in [1.165, 1.54) is 5.56 Å². The summed E-state index contributed by atoms with van der Waals surface area (Å²) in [6.07, 6.45) is 1.83. The summed E-state index contributed by atoms with van der Waals surface area (Å²) in [6, 6.07) is 2.30. The van der Waals surface area contributed by atoms with Gasteiger partial charge < -0.3 is 9.88 Å². The molecule has 2 rings (SSSR count). The van der Waals surface area contributed by atoms with Crippen LogP contribution < -0.4 is 0 Å². The summed E-state index contributed by atoms with van der Waals surface area (Å²) in [4.78, 5) is 9.84. The standard InChI is InChI=1S/C12H18N4S/c1-8-5-6-13-11-10(8)14-12(17)16(11)9(2)7-15(3)4/h5-6,9H,7H2,1-4H3,(H,14,17). The van der Waals surface area contributed by atoms with E-state index in [4.69, 9.17) is 12.2 Å². The molecule has 1 atom stereocenters. The van der Waals surface area contributed by atoms with Crippen molar-refractivity contribution in [3.05, 3.63) is 22.6 Å². The third-order valence-electron chi connectivity index (χ3n) is 2.89. The fourth-order valence-corrected chi connectivity index (χ4v) is 2.53. The Bertz CT molecular complexity index is 582. The third kappa shape index (κ3) is 2.25. The Morgan fingerprint density at radius 3 is 2.88 bits per heavy atom. The maximum atomic E-state index is 5.39. The average molecular weight is 250 g/mol. The van der Waals surface area contributed by atoms with E-state index in [1.54, 1.807) is 0 Å². The Morgan fingerprint density at radius 2 is 2.24 bits per heavy atom. The zero-order chi connectivity index (χ0) is 12.6. The van der Waals surface area contributed by atoms with Crippen molar-refractivity contribution in [1.29, 1.82) is 0 Å². The molecule has 0 aliphatic rings. The molecule has 92 valence electrons. The Labute approximate surface area is 106 Å². The van der Waals surface area contributed by atoms with Crippen LogP contribution in [0.4, 0.5) is 0 Å². The molecule has 0 radical (unpaired) electrons. The van der Waals surface area contributed by atoms with Gasteiger partial charge in [0.2, 0.25) is 0 Å². The molecule has 0 fully saturated rings. The van der Waals surface area contributed by atoms with E-state index < -0.39 is 0 Å². The number of hydrogen-bond donors (Lipinski definition) is 1. The van der Waals surface area contributed by atoms with Crippen LogP contribution >= 0.6 is 12.2 Å². The maximum absolute atomic E-state index is 5.39. The number of aromatic amines is 1. The lowest BCUT2D eigenvalue weighted by atomic mass is 10.2. The minimum atomic E-state index is 0.306. The highest BCUT2D eigenvalue weighted by molar-refractivity contribution is 7.71. The van der Waals surface area contributed by atoms with Gasteiger partial charge in [0.25, 0.3) is 0 Å². The van der Waals surface area contributed by atoms with Crippen LogP contribution in [0.5, 0.6) is 0 Å². The average Bonchev–Trinajstić information content (AvgIpc) is 2.55. The molecule has 0 spiro atoms. The number of imidazole rings is 1. The number of pyridine rings is 1. The van der Waals surface area contributed by atoms with Crippen molar-refractivity contribution in [2.24, 2.45) is 0 Å². The Balaban J connectivity index is 2.57. The van der Waals surface area contributed by atoms with Gasteiger partial charge in [0.15, 0.2) is 10.4 Å². The molecule has 17 heavy (non-hydrogen) atoms. The molecule has 1 unspecified atom stereocenters. The Hall–Kier alpha value is -1.20. The van der Waals surface area contributed by atoms with E-state index in [-0.39, 0.29) is 0 Å². The molecule has 0 aliphatic carbocycles. The number of aryl methyl sites for hydroxylation is 1. The van der Waals surface area contributed by atoms with Crippen molar-refractivity contribution in [3.8, 4) is 0 Å². The van der Waals surface area contributed by atoms with Gasteiger partial charge in [-0.3, -0.25) is 4.57 Å². The van der Waals surface area contributed by atoms with E-state index >= 15 is 0 Å². The summed E-state index contributed by atoms with van der Waals surface area (Å²) in [7, 11) is 4.13. The van der Waals surface area contributed by atoms with E-state index in [0.29, 0.717) is 6.04 Å². The number of hydrogen-bond acceptors (Lipinski definition) is 3. The lowest BCUT2D eigenvalue weighted by Gasteiger charge is -2.18. The van der Waals surface area contributed by atoms with Gasteiger partial charge in [-0.15, -0.1) is 0 Å². The molecule has 4 nitrogen and oxygen atoms in total. The molecule has 2 heterocycles. The normalized spacial score (nSPS) is 13.5. The smallest absolute Gasteiger partial charge is 0.179 e. The predicted molar refractivity (Wildman–Crippen MR) is 72.9 cm³/mol. The molecule has 2 aromatic rings. The largest absolute Gasteiger partial charge is 0.329 e. The monoisotopic (exact) mass is 250 g/mol. The molecule has 0 bridgehead atoms. The van der Waals surface area contributed by atoms with Crippen LogP contribution in [0.3, 0.4) is 0 Å². The molecule has 0 saturated carbocycles. The lowest BCUT2D eigenvalue weighted by Crippen LogP contribution is -2.22. The lowest BCUT2D eigenvalue weighted by molar-refractivity contribution is 0.338. The molecule has 5 heteroatoms. The molecular formula is C12H18N4S. The number of rotatable bonds is 3. The van der Waals surface area contributed by atoms with Gasteiger partial charge in [-0.25, -0.2) is 4.98 Å². The minimum absolute atomic E-state index is 0.306. The maximum Gasteiger partial charge on any atom is 0.179 e. The van der Waals surface area contributed by atoms with E-state index in [0.717, 1.165) is 22.5 Å². The second kappa shape index (κ2) is 4.58. The first kappa shape index (κ1) is 12.3. The number of nitrogens with one attached hydrogen (secondary N) is 1. The van der Waals surface area contributed by atoms with Crippen molar-refractivity contribution in [1.82, 2.24) is 19.4 Å². The first-order chi connectivity index (χ1) is 8.00. The van der Waals surface area contributed by atoms with Crippen molar-refractivity contribution < 1.29 is 0 Å². The first-order valence-electron chi connectivity index (χ1n) is 5.71. The minimum Gasteiger partial charge on any atom is -0.329 e. The van der Waals surface area contributed by atoms with Crippen molar-refractivity contribution in [3.63, 3.8) is 0 Å². The Kier molecular flexibility index (Phi) is 3.31. The summed E-state index contributed by atoms with van der Waals surface area (Å²) >= 11 is 5.39. The van der Waals surface area contributed by atoms with Gasteiger partial charge in [0.05, 0.1) is 5.52 Å². The SMILES string of the molecule is Cc1ccnc2c1[nH]c(=S)n2C(C)CN(C)C.